The van der Waals surface area contributed by atoms with Crippen molar-refractivity contribution in [1.29, 1.82) is 0 Å². The fourth-order valence-corrected chi connectivity index (χ4v) is 1.09. The summed E-state index contributed by atoms with van der Waals surface area (Å²) >= 11 is 0. The number of hydrogen-bond acceptors (Lipinski definition) is 4. The van der Waals surface area contributed by atoms with Crippen LogP contribution in [0.4, 0.5) is 5.69 Å². The summed E-state index contributed by atoms with van der Waals surface area (Å²) < 4.78 is 4.97. The molecule has 13 heavy (non-hydrogen) atoms. The van der Waals surface area contributed by atoms with E-state index < -0.39 is 0 Å². The van der Waals surface area contributed by atoms with Crippen LogP contribution in [0, 0.1) is 0 Å². The van der Waals surface area contributed by atoms with Crippen LogP contribution in [0.5, 0.6) is 0 Å². The van der Waals surface area contributed by atoms with Crippen LogP contribution in [-0.2, 0) is 6.42 Å². The van der Waals surface area contributed by atoms with Crippen molar-refractivity contribution in [2.75, 3.05) is 5.73 Å². The molecule has 0 aliphatic rings. The fraction of sp³-hybridized carbons (Fsp3) is 0.111. The summed E-state index contributed by atoms with van der Waals surface area (Å²) in [5.41, 5.74) is 7.26. The van der Waals surface area contributed by atoms with Gasteiger partial charge in [-0.2, -0.15) is 0 Å². The Labute approximate surface area is 75.4 Å². The van der Waals surface area contributed by atoms with E-state index in [2.05, 4.69) is 10.1 Å². The predicted octanol–water partition coefficient (Wildman–Crippen LogP) is 1.24. The lowest BCUT2D eigenvalue weighted by Crippen LogP contribution is -1.91. The molecule has 0 saturated carbocycles. The monoisotopic (exact) mass is 175 g/mol. The first kappa shape index (κ1) is 7.79. The van der Waals surface area contributed by atoms with Gasteiger partial charge >= 0.3 is 0 Å². The second-order valence-electron chi connectivity index (χ2n) is 2.74. The first-order valence-corrected chi connectivity index (χ1v) is 3.94. The molecule has 2 rings (SSSR count). The van der Waals surface area contributed by atoms with Gasteiger partial charge in [0.15, 0.2) is 5.76 Å². The van der Waals surface area contributed by atoms with E-state index in [1.165, 1.54) is 6.20 Å². The lowest BCUT2D eigenvalue weighted by atomic mass is 10.1. The van der Waals surface area contributed by atoms with Crippen molar-refractivity contribution in [3.8, 4) is 0 Å². The number of nitrogen functional groups attached to an aromatic ring is 1. The van der Waals surface area contributed by atoms with Gasteiger partial charge in [0.1, 0.15) is 0 Å². The Morgan fingerprint density at radius 3 is 2.92 bits per heavy atom. The van der Waals surface area contributed by atoms with E-state index in [0.29, 0.717) is 17.9 Å². The number of rotatable bonds is 2. The fourth-order valence-electron chi connectivity index (χ4n) is 1.09. The summed E-state index contributed by atoms with van der Waals surface area (Å²) in [4.78, 5) is 3.99. The summed E-state index contributed by atoms with van der Waals surface area (Å²) in [7, 11) is 0. The minimum atomic E-state index is 0.587. The summed E-state index contributed by atoms with van der Waals surface area (Å²) in [6.45, 7) is 0. The molecule has 0 unspecified atom stereocenters. The van der Waals surface area contributed by atoms with Gasteiger partial charge in [0, 0.05) is 18.8 Å². The summed E-state index contributed by atoms with van der Waals surface area (Å²) in [6, 6.07) is 3.84. The van der Waals surface area contributed by atoms with Crippen molar-refractivity contribution in [1.82, 2.24) is 10.1 Å². The van der Waals surface area contributed by atoms with Crippen molar-refractivity contribution >= 4 is 5.69 Å². The molecular formula is C9H9N3O. The van der Waals surface area contributed by atoms with Gasteiger partial charge in [-0.15, -0.1) is 0 Å². The Morgan fingerprint density at radius 1 is 1.38 bits per heavy atom. The van der Waals surface area contributed by atoms with Gasteiger partial charge < -0.3 is 10.3 Å². The number of pyridine rings is 1. The first-order chi connectivity index (χ1) is 6.36. The van der Waals surface area contributed by atoms with Crippen molar-refractivity contribution < 1.29 is 4.52 Å². The van der Waals surface area contributed by atoms with E-state index in [4.69, 9.17) is 10.3 Å². The third kappa shape index (κ3) is 1.66. The summed E-state index contributed by atoms with van der Waals surface area (Å²) in [5, 5.41) is 3.60. The lowest BCUT2D eigenvalue weighted by Gasteiger charge is -1.96. The smallest absolute Gasteiger partial charge is 0.163 e. The molecule has 0 bridgehead atoms. The van der Waals surface area contributed by atoms with Crippen LogP contribution in [0.1, 0.15) is 11.3 Å². The molecule has 0 spiro atoms. The highest BCUT2D eigenvalue weighted by Gasteiger charge is 2.04. The summed E-state index contributed by atoms with van der Waals surface area (Å²) in [5.74, 6) is 0.688. The average Bonchev–Trinajstić information content (AvgIpc) is 2.54. The minimum absolute atomic E-state index is 0.587. The van der Waals surface area contributed by atoms with Gasteiger partial charge in [0.2, 0.25) is 0 Å². The maximum absolute atomic E-state index is 5.61. The SMILES string of the molecule is Nc1cnoc1Cc1cccnc1. The summed E-state index contributed by atoms with van der Waals surface area (Å²) in [6.07, 6.45) is 5.65. The molecule has 2 aromatic heterocycles. The molecule has 4 heteroatoms. The molecule has 2 aromatic rings. The molecule has 2 heterocycles. The maximum atomic E-state index is 5.61. The Hall–Kier alpha value is -1.84. The first-order valence-electron chi connectivity index (χ1n) is 3.94. The van der Waals surface area contributed by atoms with Gasteiger partial charge in [-0.1, -0.05) is 11.2 Å². The molecule has 0 aliphatic carbocycles. The quantitative estimate of drug-likeness (QED) is 0.745. The number of nitrogens with zero attached hydrogens (tertiary/aromatic N) is 2. The van der Waals surface area contributed by atoms with Crippen molar-refractivity contribution in [3.05, 3.63) is 42.0 Å². The van der Waals surface area contributed by atoms with Crippen LogP contribution in [0.25, 0.3) is 0 Å². The molecule has 2 N–H and O–H groups in total. The molecule has 0 radical (unpaired) electrons. The zero-order valence-electron chi connectivity index (χ0n) is 6.97. The molecule has 0 aliphatic heterocycles. The highest BCUT2D eigenvalue weighted by Crippen LogP contribution is 2.14. The minimum Gasteiger partial charge on any atom is -0.395 e. The third-order valence-electron chi connectivity index (χ3n) is 1.76. The van der Waals surface area contributed by atoms with Crippen LogP contribution in [0.3, 0.4) is 0 Å². The second-order valence-corrected chi connectivity index (χ2v) is 2.74. The molecular weight excluding hydrogens is 166 g/mol. The molecule has 66 valence electrons. The molecule has 0 amide bonds. The third-order valence-corrected chi connectivity index (χ3v) is 1.76. The Bertz CT molecular complexity index is 383. The maximum Gasteiger partial charge on any atom is 0.163 e. The second kappa shape index (κ2) is 3.26. The topological polar surface area (TPSA) is 64.9 Å². The van der Waals surface area contributed by atoms with Gasteiger partial charge in [-0.25, -0.2) is 0 Å². The van der Waals surface area contributed by atoms with Gasteiger partial charge in [-0.3, -0.25) is 4.98 Å². The van der Waals surface area contributed by atoms with Crippen molar-refractivity contribution in [2.24, 2.45) is 0 Å². The number of aromatic nitrogens is 2. The molecule has 0 aromatic carbocycles. The van der Waals surface area contributed by atoms with E-state index in [0.717, 1.165) is 5.56 Å². The highest BCUT2D eigenvalue weighted by atomic mass is 16.5. The van der Waals surface area contributed by atoms with Crippen LogP contribution >= 0.6 is 0 Å². The zero-order chi connectivity index (χ0) is 9.10. The van der Waals surface area contributed by atoms with E-state index >= 15 is 0 Å². The predicted molar refractivity (Wildman–Crippen MR) is 48.0 cm³/mol. The number of anilines is 1. The largest absolute Gasteiger partial charge is 0.395 e. The number of nitrogens with two attached hydrogens (primary N) is 1. The Kier molecular flexibility index (Phi) is 1.96. The Balaban J connectivity index is 2.20. The molecule has 0 atom stereocenters. The zero-order valence-corrected chi connectivity index (χ0v) is 6.97. The van der Waals surface area contributed by atoms with Gasteiger partial charge in [-0.05, 0) is 11.6 Å². The van der Waals surface area contributed by atoms with Crippen LogP contribution in [0.2, 0.25) is 0 Å². The van der Waals surface area contributed by atoms with Gasteiger partial charge in [0.25, 0.3) is 0 Å². The van der Waals surface area contributed by atoms with Crippen molar-refractivity contribution in [3.63, 3.8) is 0 Å². The van der Waals surface area contributed by atoms with Crippen LogP contribution in [-0.4, -0.2) is 10.1 Å². The molecule has 0 fully saturated rings. The van der Waals surface area contributed by atoms with E-state index in [9.17, 15) is 0 Å². The molecule has 0 saturated heterocycles. The molecule has 4 nitrogen and oxygen atoms in total. The Morgan fingerprint density at radius 2 is 2.31 bits per heavy atom. The standard InChI is InChI=1S/C9H9N3O/c10-8-6-12-13-9(8)4-7-2-1-3-11-5-7/h1-3,5-6H,4,10H2. The van der Waals surface area contributed by atoms with Crippen LogP contribution < -0.4 is 5.73 Å². The van der Waals surface area contributed by atoms with E-state index in [1.54, 1.807) is 12.4 Å². The van der Waals surface area contributed by atoms with Crippen molar-refractivity contribution in [2.45, 2.75) is 6.42 Å². The van der Waals surface area contributed by atoms with E-state index in [1.807, 2.05) is 12.1 Å². The normalized spacial score (nSPS) is 10.2. The lowest BCUT2D eigenvalue weighted by molar-refractivity contribution is 0.390. The van der Waals surface area contributed by atoms with E-state index in [-0.39, 0.29) is 0 Å². The average molecular weight is 175 g/mol. The van der Waals surface area contributed by atoms with Crippen LogP contribution in [0.15, 0.2) is 35.2 Å². The number of hydrogen-bond donors (Lipinski definition) is 1. The van der Waals surface area contributed by atoms with Gasteiger partial charge in [0.05, 0.1) is 11.9 Å². The highest BCUT2D eigenvalue weighted by molar-refractivity contribution is 5.40.